The second kappa shape index (κ2) is 8.23. The third-order valence-electron chi connectivity index (χ3n) is 4.14. The number of ether oxygens (including phenoxy) is 1. The van der Waals surface area contributed by atoms with Gasteiger partial charge in [-0.25, -0.2) is 9.80 Å². The lowest BCUT2D eigenvalue weighted by atomic mass is 10.1. The van der Waals surface area contributed by atoms with E-state index in [1.54, 1.807) is 11.3 Å². The normalized spacial score (nSPS) is 15.9. The van der Waals surface area contributed by atoms with Gasteiger partial charge in [0.2, 0.25) is 0 Å². The van der Waals surface area contributed by atoms with Crippen molar-refractivity contribution in [3.63, 3.8) is 0 Å². The molecule has 148 valence electrons. The number of hydrazone groups is 1. The van der Waals surface area contributed by atoms with Crippen molar-refractivity contribution < 1.29 is 19.2 Å². The van der Waals surface area contributed by atoms with Crippen molar-refractivity contribution in [2.45, 2.75) is 12.5 Å². The monoisotopic (exact) mass is 447 g/mol. The van der Waals surface area contributed by atoms with Crippen LogP contribution in [0.5, 0.6) is 0 Å². The molecule has 0 radical (unpaired) electrons. The first-order chi connectivity index (χ1) is 14.0. The smallest absolute Gasteiger partial charge is 0.349 e. The Kier molecular flexibility index (Phi) is 5.51. The molecule has 1 amide bonds. The minimum Gasteiger partial charge on any atom is -0.451 e. The highest BCUT2D eigenvalue weighted by Gasteiger charge is 2.34. The SMILES string of the molecule is O=C(OCC(=O)N1N=C(c2cccs2)CC1c1cccs1)c1ccc([N+](=O)[O-])s1. The number of nitro groups is 1. The van der Waals surface area contributed by atoms with Crippen LogP contribution in [0.25, 0.3) is 0 Å². The number of carbonyl (C=O) groups is 2. The fourth-order valence-electron chi connectivity index (χ4n) is 2.83. The lowest BCUT2D eigenvalue weighted by Gasteiger charge is -2.20. The van der Waals surface area contributed by atoms with E-state index >= 15 is 0 Å². The molecule has 1 unspecified atom stereocenters. The minimum absolute atomic E-state index is 0.0727. The van der Waals surface area contributed by atoms with Gasteiger partial charge >= 0.3 is 11.0 Å². The molecule has 0 N–H and O–H groups in total. The van der Waals surface area contributed by atoms with E-state index in [0.717, 1.165) is 15.5 Å². The van der Waals surface area contributed by atoms with Crippen LogP contribution in [0, 0.1) is 10.1 Å². The summed E-state index contributed by atoms with van der Waals surface area (Å²) in [6.07, 6.45) is 0.581. The quantitative estimate of drug-likeness (QED) is 0.318. The first-order valence-corrected chi connectivity index (χ1v) is 11.0. The molecule has 11 heteroatoms. The molecule has 1 aliphatic heterocycles. The zero-order valence-electron chi connectivity index (χ0n) is 14.7. The van der Waals surface area contributed by atoms with Crippen LogP contribution in [0.2, 0.25) is 0 Å². The second-order valence-electron chi connectivity index (χ2n) is 5.97. The lowest BCUT2D eigenvalue weighted by Crippen LogP contribution is -2.31. The molecule has 0 saturated carbocycles. The van der Waals surface area contributed by atoms with E-state index in [4.69, 9.17) is 4.74 Å². The Labute approximate surface area is 176 Å². The third-order valence-corrected chi connectivity index (χ3v) is 7.05. The highest BCUT2D eigenvalue weighted by molar-refractivity contribution is 7.17. The van der Waals surface area contributed by atoms with Crippen molar-refractivity contribution in [2.75, 3.05) is 6.61 Å². The van der Waals surface area contributed by atoms with Gasteiger partial charge in [-0.15, -0.1) is 22.7 Å². The molecular formula is C18H13N3O5S3. The van der Waals surface area contributed by atoms with Crippen molar-refractivity contribution in [3.8, 4) is 0 Å². The Hall–Kier alpha value is -2.89. The van der Waals surface area contributed by atoms with E-state index < -0.39 is 23.4 Å². The standard InChI is InChI=1S/C18H13N3O5S3/c22-16(10-26-18(23)15-5-6-17(29-15)21(24)25)20-12(14-4-2-8-28-14)9-11(19-20)13-3-1-7-27-13/h1-8,12H,9-10H2. The van der Waals surface area contributed by atoms with Crippen LogP contribution in [-0.2, 0) is 9.53 Å². The summed E-state index contributed by atoms with van der Waals surface area (Å²) in [5.41, 5.74) is 0.812. The number of hydrogen-bond acceptors (Lipinski definition) is 9. The van der Waals surface area contributed by atoms with Crippen molar-refractivity contribution in [1.29, 1.82) is 0 Å². The average molecular weight is 448 g/mol. The highest BCUT2D eigenvalue weighted by atomic mass is 32.1. The Morgan fingerprint density at radius 2 is 2.00 bits per heavy atom. The van der Waals surface area contributed by atoms with Crippen LogP contribution in [0.1, 0.15) is 31.9 Å². The molecule has 0 aliphatic carbocycles. The van der Waals surface area contributed by atoms with E-state index in [1.807, 2.05) is 35.0 Å². The summed E-state index contributed by atoms with van der Waals surface area (Å²) in [4.78, 5) is 37.1. The molecule has 0 bridgehead atoms. The van der Waals surface area contributed by atoms with Crippen molar-refractivity contribution in [3.05, 3.63) is 71.9 Å². The van der Waals surface area contributed by atoms with Crippen LogP contribution in [0.4, 0.5) is 5.00 Å². The van der Waals surface area contributed by atoms with Gasteiger partial charge in [-0.1, -0.05) is 23.5 Å². The summed E-state index contributed by atoms with van der Waals surface area (Å²) < 4.78 is 5.08. The van der Waals surface area contributed by atoms with E-state index in [0.29, 0.717) is 17.8 Å². The largest absolute Gasteiger partial charge is 0.451 e. The van der Waals surface area contributed by atoms with Crippen molar-refractivity contribution >= 4 is 56.6 Å². The van der Waals surface area contributed by atoms with Crippen LogP contribution < -0.4 is 0 Å². The molecule has 1 atom stereocenters. The van der Waals surface area contributed by atoms with Gasteiger partial charge < -0.3 is 4.74 Å². The summed E-state index contributed by atoms with van der Waals surface area (Å²) in [7, 11) is 0. The van der Waals surface area contributed by atoms with E-state index in [-0.39, 0.29) is 15.9 Å². The maximum atomic E-state index is 12.8. The van der Waals surface area contributed by atoms with Gasteiger partial charge in [0.05, 0.1) is 21.6 Å². The maximum absolute atomic E-state index is 12.8. The van der Waals surface area contributed by atoms with Crippen molar-refractivity contribution in [2.24, 2.45) is 5.10 Å². The molecule has 0 fully saturated rings. The van der Waals surface area contributed by atoms with Crippen LogP contribution in [-0.4, -0.2) is 34.1 Å². The third kappa shape index (κ3) is 4.11. The number of amides is 1. The molecule has 0 aromatic carbocycles. The maximum Gasteiger partial charge on any atom is 0.349 e. The summed E-state index contributed by atoms with van der Waals surface area (Å²) in [6.45, 7) is -0.492. The Morgan fingerprint density at radius 3 is 2.66 bits per heavy atom. The number of nitrogens with zero attached hydrogens (tertiary/aromatic N) is 3. The molecule has 29 heavy (non-hydrogen) atoms. The molecule has 8 nitrogen and oxygen atoms in total. The number of carbonyl (C=O) groups excluding carboxylic acids is 2. The Morgan fingerprint density at radius 1 is 1.21 bits per heavy atom. The Bertz CT molecular complexity index is 1070. The van der Waals surface area contributed by atoms with Crippen LogP contribution in [0.15, 0.2) is 52.3 Å². The Balaban J connectivity index is 1.47. The van der Waals surface area contributed by atoms with E-state index in [2.05, 4.69) is 5.10 Å². The first kappa shape index (κ1) is 19.4. The van der Waals surface area contributed by atoms with Gasteiger partial charge in [0, 0.05) is 17.4 Å². The number of esters is 1. The van der Waals surface area contributed by atoms with E-state index in [1.165, 1.54) is 28.5 Å². The van der Waals surface area contributed by atoms with Gasteiger partial charge in [-0.3, -0.25) is 14.9 Å². The molecule has 0 spiro atoms. The predicted molar refractivity (Wildman–Crippen MR) is 111 cm³/mol. The van der Waals surface area contributed by atoms with Crippen molar-refractivity contribution in [1.82, 2.24) is 5.01 Å². The molecular weight excluding hydrogens is 434 g/mol. The summed E-state index contributed by atoms with van der Waals surface area (Å²) in [5, 5.41) is 20.3. The topological polar surface area (TPSA) is 102 Å². The lowest BCUT2D eigenvalue weighted by molar-refractivity contribution is -0.380. The van der Waals surface area contributed by atoms with Gasteiger partial charge in [-0.2, -0.15) is 5.10 Å². The molecule has 4 rings (SSSR count). The second-order valence-corrected chi connectivity index (χ2v) is 8.96. The average Bonchev–Trinajstić information content (AvgIpc) is 3.49. The van der Waals surface area contributed by atoms with Gasteiger partial charge in [0.15, 0.2) is 6.61 Å². The molecule has 3 aromatic heterocycles. The molecule has 1 aliphatic rings. The van der Waals surface area contributed by atoms with Gasteiger partial charge in [0.1, 0.15) is 4.88 Å². The summed E-state index contributed by atoms with van der Waals surface area (Å²) in [6, 6.07) is 10.0. The highest BCUT2D eigenvalue weighted by Crippen LogP contribution is 2.36. The summed E-state index contributed by atoms with van der Waals surface area (Å²) in [5.74, 6) is -1.22. The number of thiophene rings is 3. The molecule has 0 saturated heterocycles. The molecule has 4 heterocycles. The van der Waals surface area contributed by atoms with Crippen LogP contribution in [0.3, 0.4) is 0 Å². The number of rotatable bonds is 6. The number of hydrogen-bond donors (Lipinski definition) is 0. The van der Waals surface area contributed by atoms with E-state index in [9.17, 15) is 19.7 Å². The van der Waals surface area contributed by atoms with Gasteiger partial charge in [0.25, 0.3) is 5.91 Å². The first-order valence-electron chi connectivity index (χ1n) is 8.41. The minimum atomic E-state index is -0.772. The fraction of sp³-hybridized carbons (Fsp3) is 0.167. The van der Waals surface area contributed by atoms with Gasteiger partial charge in [-0.05, 0) is 29.0 Å². The zero-order valence-corrected chi connectivity index (χ0v) is 17.2. The predicted octanol–water partition coefficient (Wildman–Crippen LogP) is 4.31. The molecule has 3 aromatic rings. The zero-order chi connectivity index (χ0) is 20.4. The van der Waals surface area contributed by atoms with Crippen LogP contribution >= 0.6 is 34.0 Å². The summed E-state index contributed by atoms with van der Waals surface area (Å²) >= 11 is 3.79. The fourth-order valence-corrected chi connectivity index (χ4v) is 5.08.